The summed E-state index contributed by atoms with van der Waals surface area (Å²) in [6.07, 6.45) is -0.0781. The van der Waals surface area contributed by atoms with E-state index in [1.165, 1.54) is 30.3 Å². The average molecular weight is 513 g/mol. The summed E-state index contributed by atoms with van der Waals surface area (Å²) in [4.78, 5) is 34.6. The second kappa shape index (κ2) is 9.34. The fourth-order valence-corrected chi connectivity index (χ4v) is 4.99. The van der Waals surface area contributed by atoms with Crippen LogP contribution >= 0.6 is 0 Å². The second-order valence-electron chi connectivity index (χ2n) is 9.16. The highest BCUT2D eigenvalue weighted by atomic mass is 19.1. The lowest BCUT2D eigenvalue weighted by atomic mass is 9.96. The van der Waals surface area contributed by atoms with Crippen molar-refractivity contribution in [1.29, 1.82) is 0 Å². The van der Waals surface area contributed by atoms with E-state index in [9.17, 15) is 14.7 Å². The van der Waals surface area contributed by atoms with Gasteiger partial charge in [-0.05, 0) is 36.4 Å². The number of nitrogens with two attached hydrogens (primary N) is 1. The van der Waals surface area contributed by atoms with Gasteiger partial charge in [0, 0.05) is 48.9 Å². The van der Waals surface area contributed by atoms with Gasteiger partial charge in [0.05, 0.1) is 18.3 Å². The SMILES string of the molecule is CC(=O)N1CCC(N(C(=O)O)c2cc3cc(-c4cnc5c(c4C)NCCO5)c(F)c(N)c3cn2)C(F)C1. The zero-order valence-corrected chi connectivity index (χ0v) is 20.3. The molecule has 0 radical (unpaired) electrons. The van der Waals surface area contributed by atoms with E-state index in [-0.39, 0.29) is 42.5 Å². The van der Waals surface area contributed by atoms with Crippen LogP contribution < -0.4 is 20.7 Å². The van der Waals surface area contributed by atoms with Crippen LogP contribution in [-0.4, -0.2) is 70.4 Å². The molecule has 2 amide bonds. The molecule has 2 aliphatic heterocycles. The van der Waals surface area contributed by atoms with Crippen LogP contribution in [0.1, 0.15) is 18.9 Å². The van der Waals surface area contributed by atoms with Gasteiger partial charge in [-0.15, -0.1) is 0 Å². The Hall–Kier alpha value is -4.22. The molecule has 2 aromatic heterocycles. The van der Waals surface area contributed by atoms with Gasteiger partial charge < -0.3 is 25.8 Å². The predicted octanol–water partition coefficient (Wildman–Crippen LogP) is 3.57. The van der Waals surface area contributed by atoms with Crippen LogP contribution in [0.2, 0.25) is 0 Å². The molecule has 12 heteroatoms. The van der Waals surface area contributed by atoms with Gasteiger partial charge >= 0.3 is 6.09 Å². The Morgan fingerprint density at radius 1 is 1.27 bits per heavy atom. The number of nitrogens with zero attached hydrogens (tertiary/aromatic N) is 4. The summed E-state index contributed by atoms with van der Waals surface area (Å²) in [6, 6.07) is 1.97. The third-order valence-corrected chi connectivity index (χ3v) is 6.96. The number of anilines is 3. The minimum absolute atomic E-state index is 0.0174. The number of hydrogen-bond acceptors (Lipinski definition) is 7. The maximum atomic E-state index is 15.4. The number of carbonyl (C=O) groups excluding carboxylic acids is 1. The Balaban J connectivity index is 1.58. The van der Waals surface area contributed by atoms with Gasteiger partial charge in [-0.25, -0.2) is 23.5 Å². The lowest BCUT2D eigenvalue weighted by Crippen LogP contribution is -2.55. The molecule has 37 heavy (non-hydrogen) atoms. The fraction of sp³-hybridized carbons (Fsp3) is 0.360. The van der Waals surface area contributed by atoms with E-state index in [1.54, 1.807) is 6.07 Å². The molecule has 2 aliphatic rings. The second-order valence-corrected chi connectivity index (χ2v) is 9.16. The number of benzene rings is 1. The number of aromatic nitrogens is 2. The molecule has 1 fully saturated rings. The van der Waals surface area contributed by atoms with E-state index >= 15 is 8.78 Å². The third kappa shape index (κ3) is 4.21. The molecule has 0 saturated carbocycles. The Bertz CT molecular complexity index is 1420. The Morgan fingerprint density at radius 2 is 2.05 bits per heavy atom. The number of hydrogen-bond donors (Lipinski definition) is 3. The maximum absolute atomic E-state index is 15.4. The fourth-order valence-electron chi connectivity index (χ4n) is 4.99. The Labute approximate surface area is 211 Å². The standard InChI is InChI=1S/C25H26F2N6O4/c1-12-16(9-31-24-23(12)29-4-6-37-24)15-7-14-8-20(30-10-17(14)22(28)21(15)27)33(25(35)36)19-3-5-32(13(2)34)11-18(19)26/h7-10,18-19,29H,3-6,11,28H2,1-2H3,(H,35,36). The lowest BCUT2D eigenvalue weighted by Gasteiger charge is -2.38. The van der Waals surface area contributed by atoms with Gasteiger partial charge in [0.1, 0.15) is 24.3 Å². The zero-order chi connectivity index (χ0) is 26.4. The molecule has 1 aromatic carbocycles. The number of likely N-dealkylation sites (tertiary alicyclic amines) is 1. The molecule has 2 unspecified atom stereocenters. The highest BCUT2D eigenvalue weighted by Crippen LogP contribution is 2.40. The largest absolute Gasteiger partial charge is 0.474 e. The number of piperidine rings is 1. The number of ether oxygens (including phenoxy) is 1. The zero-order valence-electron chi connectivity index (χ0n) is 20.3. The van der Waals surface area contributed by atoms with Crippen LogP contribution in [0, 0.1) is 12.7 Å². The van der Waals surface area contributed by atoms with Crippen LogP contribution in [0.5, 0.6) is 5.88 Å². The molecular weight excluding hydrogens is 486 g/mol. The van der Waals surface area contributed by atoms with Crippen molar-refractivity contribution in [2.45, 2.75) is 32.5 Å². The minimum atomic E-state index is -1.60. The first-order valence-corrected chi connectivity index (χ1v) is 11.8. The average Bonchev–Trinajstić information content (AvgIpc) is 2.87. The van der Waals surface area contributed by atoms with E-state index in [1.807, 2.05) is 6.92 Å². The lowest BCUT2D eigenvalue weighted by molar-refractivity contribution is -0.131. The number of alkyl halides is 1. The number of fused-ring (bicyclic) bond motifs is 2. The number of pyridine rings is 2. The van der Waals surface area contributed by atoms with Crippen molar-refractivity contribution in [3.63, 3.8) is 0 Å². The summed E-state index contributed by atoms with van der Waals surface area (Å²) in [5.74, 6) is -0.511. The predicted molar refractivity (Wildman–Crippen MR) is 134 cm³/mol. The van der Waals surface area contributed by atoms with Crippen molar-refractivity contribution < 1.29 is 28.2 Å². The first-order chi connectivity index (χ1) is 17.7. The van der Waals surface area contributed by atoms with Crippen LogP contribution in [0.15, 0.2) is 24.5 Å². The van der Waals surface area contributed by atoms with Crippen molar-refractivity contribution in [2.75, 3.05) is 42.2 Å². The molecular formula is C25H26F2N6O4. The van der Waals surface area contributed by atoms with Crippen LogP contribution in [0.3, 0.4) is 0 Å². The van der Waals surface area contributed by atoms with Gasteiger partial charge in [-0.1, -0.05) is 0 Å². The molecule has 0 aliphatic carbocycles. The molecule has 0 bridgehead atoms. The van der Waals surface area contributed by atoms with Gasteiger partial charge in [0.15, 0.2) is 5.82 Å². The van der Waals surface area contributed by atoms with Crippen molar-refractivity contribution >= 4 is 40.0 Å². The first-order valence-electron chi connectivity index (χ1n) is 11.8. The van der Waals surface area contributed by atoms with E-state index in [0.717, 1.165) is 10.5 Å². The van der Waals surface area contributed by atoms with Crippen molar-refractivity contribution in [3.8, 4) is 17.0 Å². The molecule has 5 rings (SSSR count). The summed E-state index contributed by atoms with van der Waals surface area (Å²) in [7, 11) is 0. The molecule has 1 saturated heterocycles. The van der Waals surface area contributed by atoms with Gasteiger partial charge in [0.2, 0.25) is 11.8 Å². The molecule has 194 valence electrons. The molecule has 2 atom stereocenters. The molecule has 0 spiro atoms. The number of carbonyl (C=O) groups is 2. The number of nitrogens with one attached hydrogen (secondary N) is 1. The molecule has 10 nitrogen and oxygen atoms in total. The minimum Gasteiger partial charge on any atom is -0.474 e. The Kier molecular flexibility index (Phi) is 6.18. The smallest absolute Gasteiger partial charge is 0.413 e. The first kappa shape index (κ1) is 24.5. The number of halogens is 2. The highest BCUT2D eigenvalue weighted by Gasteiger charge is 2.38. The quantitative estimate of drug-likeness (QED) is 0.454. The summed E-state index contributed by atoms with van der Waals surface area (Å²) >= 11 is 0. The molecule has 4 heterocycles. The number of rotatable bonds is 3. The van der Waals surface area contributed by atoms with Gasteiger partial charge in [-0.3, -0.25) is 9.69 Å². The van der Waals surface area contributed by atoms with Gasteiger partial charge in [-0.2, -0.15) is 0 Å². The summed E-state index contributed by atoms with van der Waals surface area (Å²) < 4.78 is 36.0. The number of carboxylic acid groups (broad SMARTS) is 1. The van der Waals surface area contributed by atoms with Crippen molar-refractivity contribution in [1.82, 2.24) is 14.9 Å². The van der Waals surface area contributed by atoms with Crippen molar-refractivity contribution in [3.05, 3.63) is 35.9 Å². The monoisotopic (exact) mass is 512 g/mol. The molecule has 4 N–H and O–H groups in total. The summed E-state index contributed by atoms with van der Waals surface area (Å²) in [6.45, 7) is 4.24. The highest BCUT2D eigenvalue weighted by molar-refractivity contribution is 6.00. The van der Waals surface area contributed by atoms with E-state index in [4.69, 9.17) is 10.5 Å². The summed E-state index contributed by atoms with van der Waals surface area (Å²) in [5.41, 5.74) is 8.06. The summed E-state index contributed by atoms with van der Waals surface area (Å²) in [5, 5.41) is 13.9. The number of nitrogen functional groups attached to an aromatic ring is 1. The maximum Gasteiger partial charge on any atom is 0.413 e. The van der Waals surface area contributed by atoms with E-state index < -0.39 is 24.1 Å². The van der Waals surface area contributed by atoms with Gasteiger partial charge in [0.25, 0.3) is 0 Å². The third-order valence-electron chi connectivity index (χ3n) is 6.96. The topological polar surface area (TPSA) is 134 Å². The molecule has 3 aromatic rings. The number of amides is 2. The van der Waals surface area contributed by atoms with E-state index in [0.29, 0.717) is 41.1 Å². The normalized spacial score (nSPS) is 19.1. The van der Waals surface area contributed by atoms with Crippen LogP contribution in [0.25, 0.3) is 21.9 Å². The van der Waals surface area contributed by atoms with Crippen molar-refractivity contribution in [2.24, 2.45) is 0 Å². The van der Waals surface area contributed by atoms with Crippen LogP contribution in [0.4, 0.5) is 30.8 Å². The van der Waals surface area contributed by atoms with E-state index in [2.05, 4.69) is 15.3 Å². The Morgan fingerprint density at radius 3 is 2.76 bits per heavy atom. The van der Waals surface area contributed by atoms with Crippen LogP contribution in [-0.2, 0) is 4.79 Å².